The second-order valence-electron chi connectivity index (χ2n) is 6.15. The van der Waals surface area contributed by atoms with E-state index in [0.29, 0.717) is 11.4 Å². The van der Waals surface area contributed by atoms with E-state index in [9.17, 15) is 4.79 Å². The van der Waals surface area contributed by atoms with Gasteiger partial charge in [0.05, 0.1) is 17.3 Å². The van der Waals surface area contributed by atoms with Crippen LogP contribution in [0.25, 0.3) is 0 Å². The lowest BCUT2D eigenvalue weighted by atomic mass is 9.93. The van der Waals surface area contributed by atoms with Crippen molar-refractivity contribution in [2.75, 3.05) is 31.3 Å². The molecule has 2 aromatic rings. The average molecular weight is 310 g/mol. The van der Waals surface area contributed by atoms with Crippen LogP contribution in [0, 0.1) is 0 Å². The molecule has 0 bridgehead atoms. The first-order chi connectivity index (χ1) is 11.0. The Bertz CT molecular complexity index is 742. The molecule has 120 valence electrons. The normalized spacial score (nSPS) is 16.8. The third-order valence-electron chi connectivity index (χ3n) is 4.48. The van der Waals surface area contributed by atoms with Crippen LogP contribution in [0.2, 0.25) is 0 Å². The number of hydrogen-bond donors (Lipinski definition) is 1. The molecule has 0 radical (unpaired) electrons. The molecule has 0 unspecified atom stereocenters. The quantitative estimate of drug-likeness (QED) is 0.925. The van der Waals surface area contributed by atoms with Crippen molar-refractivity contribution in [2.24, 2.45) is 0 Å². The summed E-state index contributed by atoms with van der Waals surface area (Å²) in [5.74, 6) is 0.436. The summed E-state index contributed by atoms with van der Waals surface area (Å²) in [6.07, 6.45) is 2.45. The lowest BCUT2D eigenvalue weighted by molar-refractivity contribution is 0.0677. The summed E-state index contributed by atoms with van der Waals surface area (Å²) >= 11 is 0. The van der Waals surface area contributed by atoms with Gasteiger partial charge in [0.15, 0.2) is 0 Å². The second kappa shape index (κ2) is 5.91. The minimum absolute atomic E-state index is 0.00241. The molecule has 5 nitrogen and oxygen atoms in total. The van der Waals surface area contributed by atoms with Crippen LogP contribution >= 0.6 is 0 Å². The molecule has 1 aliphatic rings. The monoisotopic (exact) mass is 310 g/mol. The van der Waals surface area contributed by atoms with Crippen molar-refractivity contribution in [1.82, 2.24) is 9.88 Å². The van der Waals surface area contributed by atoms with E-state index < -0.39 is 0 Å². The fraction of sp³-hybridized carbons (Fsp3) is 0.333. The zero-order chi connectivity index (χ0) is 16.6. The maximum absolute atomic E-state index is 12.9. The minimum atomic E-state index is 0.00241. The molecule has 0 saturated heterocycles. The first-order valence-corrected chi connectivity index (χ1v) is 7.80. The van der Waals surface area contributed by atoms with Gasteiger partial charge in [-0.15, -0.1) is 0 Å². The number of anilines is 2. The number of pyridine rings is 1. The smallest absolute Gasteiger partial charge is 0.256 e. The Kier molecular flexibility index (Phi) is 3.94. The first kappa shape index (κ1) is 15.3. The van der Waals surface area contributed by atoms with Gasteiger partial charge in [-0.25, -0.2) is 4.98 Å². The summed E-state index contributed by atoms with van der Waals surface area (Å²) in [6, 6.07) is 10.2. The summed E-state index contributed by atoms with van der Waals surface area (Å²) in [7, 11) is 3.78. The highest BCUT2D eigenvalue weighted by Gasteiger charge is 2.28. The Balaban J connectivity index is 1.91. The van der Waals surface area contributed by atoms with E-state index in [1.807, 2.05) is 36.0 Å². The Labute approximate surface area is 136 Å². The number of carbonyl (C=O) groups excluding carboxylic acids is 1. The average Bonchev–Trinajstić information content (AvgIpc) is 2.55. The van der Waals surface area contributed by atoms with Gasteiger partial charge in [0.25, 0.3) is 5.91 Å². The van der Waals surface area contributed by atoms with Crippen molar-refractivity contribution in [1.29, 1.82) is 0 Å². The molecule has 1 aliphatic heterocycles. The topological polar surface area (TPSA) is 62.5 Å². The second-order valence-corrected chi connectivity index (χ2v) is 6.15. The summed E-state index contributed by atoms with van der Waals surface area (Å²) < 4.78 is 0. The highest BCUT2D eigenvalue weighted by Crippen LogP contribution is 2.31. The zero-order valence-corrected chi connectivity index (χ0v) is 13.8. The van der Waals surface area contributed by atoms with Gasteiger partial charge in [-0.1, -0.05) is 24.3 Å². The van der Waals surface area contributed by atoms with Crippen molar-refractivity contribution >= 4 is 17.4 Å². The number of aromatic nitrogens is 1. The summed E-state index contributed by atoms with van der Waals surface area (Å²) in [4.78, 5) is 20.9. The van der Waals surface area contributed by atoms with Crippen LogP contribution in [0.4, 0.5) is 11.5 Å². The van der Waals surface area contributed by atoms with Crippen molar-refractivity contribution in [3.63, 3.8) is 0 Å². The molecule has 5 heteroatoms. The van der Waals surface area contributed by atoms with Gasteiger partial charge >= 0.3 is 0 Å². The van der Waals surface area contributed by atoms with Crippen LogP contribution in [0.15, 0.2) is 36.5 Å². The molecule has 2 N–H and O–H groups in total. The number of fused-ring (bicyclic) bond motifs is 1. The third kappa shape index (κ3) is 2.74. The molecule has 0 fully saturated rings. The van der Waals surface area contributed by atoms with Gasteiger partial charge in [-0.3, -0.25) is 4.79 Å². The van der Waals surface area contributed by atoms with Crippen LogP contribution in [-0.4, -0.2) is 36.4 Å². The molecule has 0 spiro atoms. The summed E-state index contributed by atoms with van der Waals surface area (Å²) in [5, 5.41) is 0. The van der Waals surface area contributed by atoms with E-state index in [-0.39, 0.29) is 11.9 Å². The van der Waals surface area contributed by atoms with Crippen molar-refractivity contribution in [2.45, 2.75) is 19.4 Å². The predicted molar refractivity (Wildman–Crippen MR) is 92.6 cm³/mol. The molecule has 0 saturated carbocycles. The molecule has 3 rings (SSSR count). The van der Waals surface area contributed by atoms with Gasteiger partial charge < -0.3 is 15.5 Å². The molecule has 1 aromatic carbocycles. The molecule has 0 aliphatic carbocycles. The van der Waals surface area contributed by atoms with Gasteiger partial charge in [0, 0.05) is 26.8 Å². The molecular weight excluding hydrogens is 288 g/mol. The lowest BCUT2D eigenvalue weighted by Crippen LogP contribution is -2.39. The highest BCUT2D eigenvalue weighted by atomic mass is 16.2. The molecule has 1 atom stereocenters. The Morgan fingerprint density at radius 1 is 1.35 bits per heavy atom. The van der Waals surface area contributed by atoms with Crippen LogP contribution in [-0.2, 0) is 6.42 Å². The molecule has 2 heterocycles. The summed E-state index contributed by atoms with van der Waals surface area (Å²) in [5.41, 5.74) is 9.78. The van der Waals surface area contributed by atoms with Gasteiger partial charge in [0.2, 0.25) is 0 Å². The van der Waals surface area contributed by atoms with Crippen LogP contribution < -0.4 is 10.6 Å². The molecular formula is C18H22N4O. The Morgan fingerprint density at radius 3 is 2.83 bits per heavy atom. The third-order valence-corrected chi connectivity index (χ3v) is 4.48. The fourth-order valence-corrected chi connectivity index (χ4v) is 3.15. The number of nitrogens with zero attached hydrogens (tertiary/aromatic N) is 3. The fourth-order valence-electron chi connectivity index (χ4n) is 3.15. The SMILES string of the molecule is C[C@@H]1c2ccccc2CCN1C(=O)c1cnc(N)c(N(C)C)c1. The van der Waals surface area contributed by atoms with Gasteiger partial charge in [-0.05, 0) is 30.5 Å². The van der Waals surface area contributed by atoms with Crippen LogP contribution in [0.5, 0.6) is 0 Å². The van der Waals surface area contributed by atoms with Gasteiger partial charge in [-0.2, -0.15) is 0 Å². The molecule has 23 heavy (non-hydrogen) atoms. The maximum Gasteiger partial charge on any atom is 0.256 e. The minimum Gasteiger partial charge on any atom is -0.382 e. The number of carbonyl (C=O) groups is 1. The number of amides is 1. The Hall–Kier alpha value is -2.56. The standard InChI is InChI=1S/C18H22N4O/c1-12-15-7-5-4-6-13(15)8-9-22(12)18(23)14-10-16(21(2)3)17(19)20-11-14/h4-7,10-12H,8-9H2,1-3H3,(H2,19,20)/t12-/m1/s1. The predicted octanol–water partition coefficient (Wildman–Crippen LogP) is 2.49. The number of rotatable bonds is 2. The largest absolute Gasteiger partial charge is 0.382 e. The van der Waals surface area contributed by atoms with Crippen molar-refractivity contribution in [3.8, 4) is 0 Å². The van der Waals surface area contributed by atoms with E-state index in [4.69, 9.17) is 5.73 Å². The Morgan fingerprint density at radius 2 is 2.09 bits per heavy atom. The number of benzene rings is 1. The van der Waals surface area contributed by atoms with Crippen molar-refractivity contribution < 1.29 is 4.79 Å². The van der Waals surface area contributed by atoms with E-state index in [2.05, 4.69) is 30.1 Å². The highest BCUT2D eigenvalue weighted by molar-refractivity contribution is 5.96. The molecule has 1 aromatic heterocycles. The number of nitrogen functional groups attached to an aromatic ring is 1. The van der Waals surface area contributed by atoms with E-state index in [0.717, 1.165) is 18.7 Å². The number of hydrogen-bond acceptors (Lipinski definition) is 4. The lowest BCUT2D eigenvalue weighted by Gasteiger charge is -2.35. The maximum atomic E-state index is 12.9. The number of nitrogens with two attached hydrogens (primary N) is 1. The van der Waals surface area contributed by atoms with Crippen LogP contribution in [0.3, 0.4) is 0 Å². The zero-order valence-electron chi connectivity index (χ0n) is 13.8. The van der Waals surface area contributed by atoms with Crippen molar-refractivity contribution in [3.05, 3.63) is 53.2 Å². The van der Waals surface area contributed by atoms with E-state index in [1.165, 1.54) is 11.1 Å². The van der Waals surface area contributed by atoms with Gasteiger partial charge in [0.1, 0.15) is 5.82 Å². The van der Waals surface area contributed by atoms with Crippen LogP contribution in [0.1, 0.15) is 34.5 Å². The first-order valence-electron chi connectivity index (χ1n) is 7.80. The van der Waals surface area contributed by atoms with E-state index >= 15 is 0 Å². The summed E-state index contributed by atoms with van der Waals surface area (Å²) in [6.45, 7) is 2.80. The molecule has 1 amide bonds. The van der Waals surface area contributed by atoms with E-state index in [1.54, 1.807) is 6.20 Å².